The molecule has 1 aliphatic carbocycles. The number of carbonyl (C=O) groups is 1. The molecule has 6 heteroatoms. The minimum Gasteiger partial charge on any atom is -0.342 e. The van der Waals surface area contributed by atoms with Gasteiger partial charge >= 0.3 is 0 Å². The summed E-state index contributed by atoms with van der Waals surface area (Å²) in [5.41, 5.74) is 0.854. The lowest BCUT2D eigenvalue weighted by Gasteiger charge is -2.28. The van der Waals surface area contributed by atoms with Crippen LogP contribution in [0.1, 0.15) is 30.3 Å². The third-order valence-corrected chi connectivity index (χ3v) is 4.33. The fraction of sp³-hybridized carbons (Fsp3) is 0.389. The highest BCUT2D eigenvalue weighted by atomic mass is 19.1. The van der Waals surface area contributed by atoms with Gasteiger partial charge in [0.05, 0.1) is 12.6 Å². The number of hydrogen-bond acceptors (Lipinski definition) is 4. The Balaban J connectivity index is 1.83. The van der Waals surface area contributed by atoms with Crippen LogP contribution in [0.15, 0.2) is 42.7 Å². The predicted octanol–water partition coefficient (Wildman–Crippen LogP) is 2.26. The lowest BCUT2D eigenvalue weighted by atomic mass is 10.0. The number of carbonyl (C=O) groups excluding carboxylic acids is 1. The molecule has 0 N–H and O–H groups in total. The molecule has 1 aromatic carbocycles. The first-order valence-electron chi connectivity index (χ1n) is 8.04. The van der Waals surface area contributed by atoms with Crippen molar-refractivity contribution in [1.29, 1.82) is 0 Å². The van der Waals surface area contributed by atoms with Crippen molar-refractivity contribution in [2.45, 2.75) is 24.9 Å². The van der Waals surface area contributed by atoms with E-state index in [2.05, 4.69) is 9.97 Å². The highest BCUT2D eigenvalue weighted by Gasteiger charge is 2.31. The molecule has 0 spiro atoms. The summed E-state index contributed by atoms with van der Waals surface area (Å²) >= 11 is 0. The van der Waals surface area contributed by atoms with E-state index >= 15 is 0 Å². The Labute approximate surface area is 141 Å². The number of benzene rings is 1. The van der Waals surface area contributed by atoms with Gasteiger partial charge in [-0.1, -0.05) is 12.1 Å². The van der Waals surface area contributed by atoms with Gasteiger partial charge in [0.25, 0.3) is 0 Å². The van der Waals surface area contributed by atoms with E-state index in [0.29, 0.717) is 11.9 Å². The Morgan fingerprint density at radius 2 is 1.83 bits per heavy atom. The molecule has 0 aliphatic heterocycles. The van der Waals surface area contributed by atoms with E-state index in [1.807, 2.05) is 23.9 Å². The molecule has 24 heavy (non-hydrogen) atoms. The van der Waals surface area contributed by atoms with Crippen LogP contribution in [0.2, 0.25) is 0 Å². The van der Waals surface area contributed by atoms with Crippen molar-refractivity contribution in [3.63, 3.8) is 0 Å². The SMILES string of the molecule is CN(CC(=O)N(C)C1CC1)C(c1ccc(F)cc1)c1ncccn1. The first-order valence-corrected chi connectivity index (χ1v) is 8.04. The fourth-order valence-electron chi connectivity index (χ4n) is 2.78. The summed E-state index contributed by atoms with van der Waals surface area (Å²) in [6, 6.07) is 8.07. The lowest BCUT2D eigenvalue weighted by molar-refractivity contribution is -0.131. The number of nitrogens with zero attached hydrogens (tertiary/aromatic N) is 4. The van der Waals surface area contributed by atoms with Gasteiger partial charge in [0.1, 0.15) is 11.6 Å². The summed E-state index contributed by atoms with van der Waals surface area (Å²) in [7, 11) is 3.71. The molecule has 0 saturated heterocycles. The number of rotatable bonds is 6. The number of aromatic nitrogens is 2. The number of amides is 1. The molecular formula is C18H21FN4O. The van der Waals surface area contributed by atoms with E-state index in [4.69, 9.17) is 0 Å². The van der Waals surface area contributed by atoms with Gasteiger partial charge in [-0.2, -0.15) is 0 Å². The maximum absolute atomic E-state index is 13.3. The molecule has 0 radical (unpaired) electrons. The van der Waals surface area contributed by atoms with Crippen molar-refractivity contribution in [3.8, 4) is 0 Å². The van der Waals surface area contributed by atoms with Crippen molar-refractivity contribution in [2.24, 2.45) is 0 Å². The minimum atomic E-state index is -0.302. The van der Waals surface area contributed by atoms with Crippen molar-refractivity contribution in [3.05, 3.63) is 59.9 Å². The van der Waals surface area contributed by atoms with E-state index in [9.17, 15) is 9.18 Å². The summed E-state index contributed by atoms with van der Waals surface area (Å²) in [6.45, 7) is 0.257. The van der Waals surface area contributed by atoms with Gasteiger partial charge < -0.3 is 4.90 Å². The van der Waals surface area contributed by atoms with Crippen LogP contribution in [-0.4, -0.2) is 52.4 Å². The van der Waals surface area contributed by atoms with Crippen molar-refractivity contribution < 1.29 is 9.18 Å². The van der Waals surface area contributed by atoms with Crippen molar-refractivity contribution >= 4 is 5.91 Å². The summed E-state index contributed by atoms with van der Waals surface area (Å²) < 4.78 is 13.3. The zero-order valence-electron chi connectivity index (χ0n) is 13.9. The zero-order chi connectivity index (χ0) is 17.1. The fourth-order valence-corrected chi connectivity index (χ4v) is 2.78. The topological polar surface area (TPSA) is 49.3 Å². The molecule has 1 unspecified atom stereocenters. The maximum Gasteiger partial charge on any atom is 0.236 e. The monoisotopic (exact) mass is 328 g/mol. The third kappa shape index (κ3) is 3.76. The Morgan fingerprint density at radius 3 is 2.42 bits per heavy atom. The summed E-state index contributed by atoms with van der Waals surface area (Å²) in [4.78, 5) is 24.8. The van der Waals surface area contributed by atoms with E-state index < -0.39 is 0 Å². The second-order valence-corrected chi connectivity index (χ2v) is 6.21. The Hall–Kier alpha value is -2.34. The molecule has 126 valence electrons. The minimum absolute atomic E-state index is 0.0723. The predicted molar refractivity (Wildman–Crippen MR) is 88.7 cm³/mol. The smallest absolute Gasteiger partial charge is 0.236 e. The van der Waals surface area contributed by atoms with Crippen LogP contribution in [0.5, 0.6) is 0 Å². The Morgan fingerprint density at radius 1 is 1.21 bits per heavy atom. The van der Waals surface area contributed by atoms with Crippen LogP contribution in [-0.2, 0) is 4.79 Å². The summed E-state index contributed by atoms with van der Waals surface area (Å²) in [6.07, 6.45) is 5.50. The average Bonchev–Trinajstić information content (AvgIpc) is 3.42. The van der Waals surface area contributed by atoms with Gasteiger partial charge in [-0.15, -0.1) is 0 Å². The van der Waals surface area contributed by atoms with Gasteiger partial charge in [0.2, 0.25) is 5.91 Å². The van der Waals surface area contributed by atoms with E-state index in [-0.39, 0.29) is 24.3 Å². The lowest BCUT2D eigenvalue weighted by Crippen LogP contribution is -2.40. The van der Waals surface area contributed by atoms with Gasteiger partial charge in [-0.25, -0.2) is 14.4 Å². The molecule has 1 aromatic heterocycles. The molecule has 0 bridgehead atoms. The summed E-state index contributed by atoms with van der Waals surface area (Å²) in [5, 5.41) is 0. The molecule has 2 aromatic rings. The largest absolute Gasteiger partial charge is 0.342 e. The molecule has 1 aliphatic rings. The molecule has 1 fully saturated rings. The van der Waals surface area contributed by atoms with E-state index in [1.165, 1.54) is 12.1 Å². The van der Waals surface area contributed by atoms with Crippen LogP contribution in [0, 0.1) is 5.82 Å². The molecular weight excluding hydrogens is 307 g/mol. The van der Waals surface area contributed by atoms with Gasteiger partial charge in [0.15, 0.2) is 0 Å². The van der Waals surface area contributed by atoms with Crippen molar-refractivity contribution in [2.75, 3.05) is 20.6 Å². The quantitative estimate of drug-likeness (QED) is 0.816. The van der Waals surface area contributed by atoms with Gasteiger partial charge in [0, 0.05) is 25.5 Å². The number of hydrogen-bond donors (Lipinski definition) is 0. The Kier molecular flexibility index (Phi) is 4.85. The number of likely N-dealkylation sites (N-methyl/N-ethyl adjacent to an activating group) is 2. The highest BCUT2D eigenvalue weighted by molar-refractivity contribution is 5.78. The summed E-state index contributed by atoms with van der Waals surface area (Å²) in [5.74, 6) is 0.371. The Bertz CT molecular complexity index is 688. The average molecular weight is 328 g/mol. The molecule has 1 saturated carbocycles. The molecule has 1 heterocycles. The standard InChI is InChI=1S/C18H21FN4O/c1-22(12-16(24)23(2)15-8-9-15)17(18-20-10-3-11-21-18)13-4-6-14(19)7-5-13/h3-7,10-11,15,17H,8-9,12H2,1-2H3. The zero-order valence-corrected chi connectivity index (χ0v) is 13.9. The first kappa shape index (κ1) is 16.5. The number of halogens is 1. The van der Waals surface area contributed by atoms with E-state index in [1.54, 1.807) is 30.6 Å². The van der Waals surface area contributed by atoms with Crippen LogP contribution in [0.4, 0.5) is 4.39 Å². The van der Waals surface area contributed by atoms with Crippen LogP contribution < -0.4 is 0 Å². The highest BCUT2D eigenvalue weighted by Crippen LogP contribution is 2.27. The van der Waals surface area contributed by atoms with Gasteiger partial charge in [-0.3, -0.25) is 9.69 Å². The second-order valence-electron chi connectivity index (χ2n) is 6.21. The molecule has 3 rings (SSSR count). The van der Waals surface area contributed by atoms with Crippen LogP contribution in [0.25, 0.3) is 0 Å². The molecule has 5 nitrogen and oxygen atoms in total. The first-order chi connectivity index (χ1) is 11.6. The third-order valence-electron chi connectivity index (χ3n) is 4.33. The molecule has 1 atom stereocenters. The maximum atomic E-state index is 13.3. The normalized spacial score (nSPS) is 15.3. The second kappa shape index (κ2) is 7.05. The van der Waals surface area contributed by atoms with E-state index in [0.717, 1.165) is 18.4 Å². The van der Waals surface area contributed by atoms with Gasteiger partial charge in [-0.05, 0) is 43.7 Å². The van der Waals surface area contributed by atoms with Crippen LogP contribution in [0.3, 0.4) is 0 Å². The van der Waals surface area contributed by atoms with Crippen LogP contribution >= 0.6 is 0 Å². The molecule has 1 amide bonds. The van der Waals surface area contributed by atoms with Crippen molar-refractivity contribution in [1.82, 2.24) is 19.8 Å².